The van der Waals surface area contributed by atoms with Crippen molar-refractivity contribution >= 4 is 46.7 Å². The first-order valence-electron chi connectivity index (χ1n) is 6.93. The van der Waals surface area contributed by atoms with Gasteiger partial charge in [0.15, 0.2) is 5.78 Å². The number of thiocarbonyl (C=S) groups is 1. The van der Waals surface area contributed by atoms with Crippen LogP contribution in [0.4, 0.5) is 5.82 Å². The molecule has 0 amide bonds. The molecule has 0 aliphatic rings. The van der Waals surface area contributed by atoms with E-state index < -0.39 is 12.0 Å². The van der Waals surface area contributed by atoms with Crippen molar-refractivity contribution < 1.29 is 14.3 Å². The average Bonchev–Trinajstić information content (AvgIpc) is 2.42. The highest BCUT2D eigenvalue weighted by molar-refractivity contribution is 8.10. The zero-order valence-electron chi connectivity index (χ0n) is 13.3. The SMILES string of the molecule is CC(=O)OCC[C@@H](C(C)=O)N(Cc1cnc(C)nc1N)C(=S)S. The third-order valence-corrected chi connectivity index (χ3v) is 3.64. The minimum Gasteiger partial charge on any atom is -0.466 e. The Hall–Kier alpha value is -1.74. The summed E-state index contributed by atoms with van der Waals surface area (Å²) in [4.78, 5) is 32.6. The number of nitrogens with two attached hydrogens (primary N) is 1. The summed E-state index contributed by atoms with van der Waals surface area (Å²) in [6, 6.07) is -0.569. The van der Waals surface area contributed by atoms with Gasteiger partial charge in [0.2, 0.25) is 0 Å². The van der Waals surface area contributed by atoms with Crippen LogP contribution >= 0.6 is 24.8 Å². The maximum atomic E-state index is 12.0. The number of nitrogens with zero attached hydrogens (tertiary/aromatic N) is 3. The Morgan fingerprint density at radius 3 is 2.61 bits per heavy atom. The maximum Gasteiger partial charge on any atom is 0.302 e. The molecule has 0 saturated heterocycles. The number of carbonyl (C=O) groups excluding carboxylic acids is 2. The molecule has 1 rings (SSSR count). The molecule has 0 radical (unpaired) electrons. The summed E-state index contributed by atoms with van der Waals surface area (Å²) >= 11 is 9.32. The molecule has 0 unspecified atom stereocenters. The minimum atomic E-state index is -0.569. The van der Waals surface area contributed by atoms with E-state index in [1.165, 1.54) is 13.8 Å². The van der Waals surface area contributed by atoms with Gasteiger partial charge in [-0.2, -0.15) is 0 Å². The summed E-state index contributed by atoms with van der Waals surface area (Å²) in [5.74, 6) is 0.377. The third-order valence-electron chi connectivity index (χ3n) is 3.15. The lowest BCUT2D eigenvalue weighted by Crippen LogP contribution is -2.42. The number of esters is 1. The van der Waals surface area contributed by atoms with Crippen molar-refractivity contribution in [2.75, 3.05) is 12.3 Å². The summed E-state index contributed by atoms with van der Waals surface area (Å²) in [5, 5.41) is 0. The van der Waals surface area contributed by atoms with Crippen molar-refractivity contribution in [1.29, 1.82) is 0 Å². The standard InChI is InChI=1S/C14H20N4O3S2/c1-8(19)12(4-5-21-10(3)20)18(14(22)23)7-11-6-16-9(2)17-13(11)15/h6,12H,4-5,7H2,1-3H3,(H,22,23)(H2,15,16,17)/t12-/m0/s1. The molecule has 1 aromatic rings. The van der Waals surface area contributed by atoms with Crippen LogP contribution in [0.15, 0.2) is 6.20 Å². The number of carbonyl (C=O) groups is 2. The van der Waals surface area contributed by atoms with E-state index in [1.54, 1.807) is 18.0 Å². The smallest absolute Gasteiger partial charge is 0.302 e. The quantitative estimate of drug-likeness (QED) is 0.428. The monoisotopic (exact) mass is 356 g/mol. The maximum absolute atomic E-state index is 12.0. The first kappa shape index (κ1) is 19.3. The Morgan fingerprint density at radius 2 is 2.13 bits per heavy atom. The topological polar surface area (TPSA) is 98.4 Å². The lowest BCUT2D eigenvalue weighted by Gasteiger charge is -2.30. The number of rotatable bonds is 7. The van der Waals surface area contributed by atoms with E-state index in [9.17, 15) is 9.59 Å². The molecule has 0 aliphatic carbocycles. The van der Waals surface area contributed by atoms with Crippen molar-refractivity contribution in [2.24, 2.45) is 0 Å². The highest BCUT2D eigenvalue weighted by Crippen LogP contribution is 2.17. The molecular formula is C14H20N4O3S2. The molecule has 0 aromatic carbocycles. The van der Waals surface area contributed by atoms with Gasteiger partial charge in [0.05, 0.1) is 19.2 Å². The van der Waals surface area contributed by atoms with Crippen LogP contribution in [0.1, 0.15) is 31.7 Å². The highest BCUT2D eigenvalue weighted by atomic mass is 32.1. The molecule has 0 aliphatic heterocycles. The zero-order chi connectivity index (χ0) is 17.6. The van der Waals surface area contributed by atoms with Gasteiger partial charge in [0.25, 0.3) is 0 Å². The predicted molar refractivity (Wildman–Crippen MR) is 94.0 cm³/mol. The Labute approximate surface area is 146 Å². The number of nitrogen functional groups attached to an aromatic ring is 1. The zero-order valence-corrected chi connectivity index (χ0v) is 15.0. The average molecular weight is 356 g/mol. The van der Waals surface area contributed by atoms with Crippen molar-refractivity contribution in [1.82, 2.24) is 14.9 Å². The normalized spacial score (nSPS) is 11.7. The van der Waals surface area contributed by atoms with Crippen LogP contribution in [0.2, 0.25) is 0 Å². The molecule has 0 spiro atoms. The number of thiol groups is 1. The molecule has 0 saturated carbocycles. The van der Waals surface area contributed by atoms with Gasteiger partial charge in [-0.1, -0.05) is 12.2 Å². The lowest BCUT2D eigenvalue weighted by molar-refractivity contribution is -0.142. The van der Waals surface area contributed by atoms with E-state index >= 15 is 0 Å². The molecule has 9 heteroatoms. The molecule has 126 valence electrons. The number of hydrogen-bond acceptors (Lipinski definition) is 7. The molecule has 0 fully saturated rings. The molecule has 7 nitrogen and oxygen atoms in total. The first-order chi connectivity index (χ1) is 10.7. The van der Waals surface area contributed by atoms with Gasteiger partial charge in [-0.3, -0.25) is 9.59 Å². The fourth-order valence-electron chi connectivity index (χ4n) is 2.02. The van der Waals surface area contributed by atoms with Crippen LogP contribution in [-0.4, -0.2) is 43.6 Å². The second-order valence-electron chi connectivity index (χ2n) is 4.99. The highest BCUT2D eigenvalue weighted by Gasteiger charge is 2.25. The molecule has 2 N–H and O–H groups in total. The van der Waals surface area contributed by atoms with Crippen LogP contribution in [0.3, 0.4) is 0 Å². The van der Waals surface area contributed by atoms with Crippen LogP contribution in [0, 0.1) is 6.92 Å². The van der Waals surface area contributed by atoms with Crippen molar-refractivity contribution in [2.45, 2.75) is 39.8 Å². The van der Waals surface area contributed by atoms with Crippen LogP contribution in [-0.2, 0) is 20.9 Å². The van der Waals surface area contributed by atoms with E-state index in [0.717, 1.165) is 0 Å². The first-order valence-corrected chi connectivity index (χ1v) is 7.79. The Balaban J connectivity index is 2.94. The van der Waals surface area contributed by atoms with Gasteiger partial charge in [0, 0.05) is 25.1 Å². The molecule has 1 aromatic heterocycles. The molecule has 1 atom stereocenters. The number of hydrogen-bond donors (Lipinski definition) is 2. The molecule has 23 heavy (non-hydrogen) atoms. The fraction of sp³-hybridized carbons (Fsp3) is 0.500. The molecule has 1 heterocycles. The Kier molecular flexibility index (Phi) is 7.37. The largest absolute Gasteiger partial charge is 0.466 e. The Bertz CT molecular complexity index is 610. The van der Waals surface area contributed by atoms with E-state index in [2.05, 4.69) is 22.6 Å². The van der Waals surface area contributed by atoms with E-state index in [-0.39, 0.29) is 23.3 Å². The lowest BCUT2D eigenvalue weighted by atomic mass is 10.1. The Morgan fingerprint density at radius 1 is 1.48 bits per heavy atom. The fourth-order valence-corrected chi connectivity index (χ4v) is 2.42. The van der Waals surface area contributed by atoms with E-state index in [0.29, 0.717) is 23.6 Å². The molecular weight excluding hydrogens is 336 g/mol. The van der Waals surface area contributed by atoms with Gasteiger partial charge >= 0.3 is 5.97 Å². The van der Waals surface area contributed by atoms with Crippen molar-refractivity contribution in [3.63, 3.8) is 0 Å². The summed E-state index contributed by atoms with van der Waals surface area (Å²) in [5.41, 5.74) is 6.53. The van der Waals surface area contributed by atoms with Gasteiger partial charge in [-0.15, -0.1) is 12.6 Å². The predicted octanol–water partition coefficient (Wildman–Crippen LogP) is 1.29. The summed E-state index contributed by atoms with van der Waals surface area (Å²) in [6.07, 6.45) is 1.90. The van der Waals surface area contributed by atoms with Crippen LogP contribution in [0.25, 0.3) is 0 Å². The number of anilines is 1. The number of ether oxygens (including phenoxy) is 1. The summed E-state index contributed by atoms with van der Waals surface area (Å²) in [7, 11) is 0. The summed E-state index contributed by atoms with van der Waals surface area (Å²) < 4.78 is 5.15. The van der Waals surface area contributed by atoms with E-state index in [4.69, 9.17) is 22.7 Å². The van der Waals surface area contributed by atoms with Gasteiger partial charge in [-0.05, 0) is 13.8 Å². The number of aryl methyl sites for hydroxylation is 1. The molecule has 0 bridgehead atoms. The number of Topliss-reactive ketones (excluding diaryl/α,β-unsaturated/α-hetero) is 1. The van der Waals surface area contributed by atoms with Gasteiger partial charge < -0.3 is 15.4 Å². The summed E-state index contributed by atoms with van der Waals surface area (Å²) in [6.45, 7) is 4.87. The third kappa shape index (κ3) is 6.11. The van der Waals surface area contributed by atoms with Gasteiger partial charge in [0.1, 0.15) is 16.0 Å². The number of aromatic nitrogens is 2. The second kappa shape index (κ2) is 8.78. The number of ketones is 1. The van der Waals surface area contributed by atoms with Crippen LogP contribution in [0.5, 0.6) is 0 Å². The van der Waals surface area contributed by atoms with E-state index in [1.807, 2.05) is 0 Å². The minimum absolute atomic E-state index is 0.111. The van der Waals surface area contributed by atoms with Crippen LogP contribution < -0.4 is 5.73 Å². The van der Waals surface area contributed by atoms with Crippen molar-refractivity contribution in [3.8, 4) is 0 Å². The second-order valence-corrected chi connectivity index (χ2v) is 6.11. The van der Waals surface area contributed by atoms with Gasteiger partial charge in [-0.25, -0.2) is 9.97 Å². The van der Waals surface area contributed by atoms with Crippen molar-refractivity contribution in [3.05, 3.63) is 17.6 Å².